The first-order chi connectivity index (χ1) is 5.91. The number of aliphatic hydroxyl groups excluding tert-OH is 1. The summed E-state index contributed by atoms with van der Waals surface area (Å²) in [6.45, 7) is 7.36. The molecule has 0 aromatic carbocycles. The molecule has 0 aromatic heterocycles. The van der Waals surface area contributed by atoms with Gasteiger partial charge in [0.15, 0.2) is 0 Å². The zero-order valence-electron chi connectivity index (χ0n) is 8.82. The second kappa shape index (κ2) is 5.22. The highest BCUT2D eigenvalue weighted by Gasteiger charge is 2.28. The molecule has 0 bridgehead atoms. The monoisotopic (exact) mass is 188 g/mol. The van der Waals surface area contributed by atoms with E-state index >= 15 is 0 Å². The lowest BCUT2D eigenvalue weighted by Gasteiger charge is -2.26. The number of aliphatic carboxylic acids is 1. The van der Waals surface area contributed by atoms with Gasteiger partial charge in [0.1, 0.15) is 0 Å². The standard InChI is InChI=1S/C10H20O3/c1-5-6(2)9(11)7(3)8(4)10(12)13/h6-9,11H,5H2,1-4H3,(H,12,13). The minimum atomic E-state index is -0.838. The molecule has 0 aliphatic heterocycles. The van der Waals surface area contributed by atoms with Gasteiger partial charge in [-0.25, -0.2) is 0 Å². The third-order valence-corrected chi connectivity index (χ3v) is 2.94. The first-order valence-corrected chi connectivity index (χ1v) is 4.82. The average molecular weight is 188 g/mol. The van der Waals surface area contributed by atoms with Gasteiger partial charge < -0.3 is 10.2 Å². The van der Waals surface area contributed by atoms with Crippen molar-refractivity contribution in [3.63, 3.8) is 0 Å². The van der Waals surface area contributed by atoms with Gasteiger partial charge in [0.2, 0.25) is 0 Å². The molecule has 2 N–H and O–H groups in total. The third-order valence-electron chi connectivity index (χ3n) is 2.94. The number of carbonyl (C=O) groups is 1. The van der Waals surface area contributed by atoms with Gasteiger partial charge in [-0.2, -0.15) is 0 Å². The summed E-state index contributed by atoms with van der Waals surface area (Å²) in [6, 6.07) is 0. The van der Waals surface area contributed by atoms with Crippen LogP contribution in [-0.2, 0) is 4.79 Å². The molecule has 0 fully saturated rings. The zero-order chi connectivity index (χ0) is 10.6. The van der Waals surface area contributed by atoms with Crippen molar-refractivity contribution in [3.8, 4) is 0 Å². The van der Waals surface area contributed by atoms with E-state index in [1.807, 2.05) is 13.8 Å². The van der Waals surface area contributed by atoms with E-state index in [0.717, 1.165) is 6.42 Å². The van der Waals surface area contributed by atoms with Crippen LogP contribution in [0.25, 0.3) is 0 Å². The molecule has 0 aromatic rings. The Balaban J connectivity index is 4.24. The Morgan fingerprint density at radius 3 is 2.08 bits per heavy atom. The van der Waals surface area contributed by atoms with Gasteiger partial charge in [-0.3, -0.25) is 4.79 Å². The molecule has 4 unspecified atom stereocenters. The van der Waals surface area contributed by atoms with Crippen LogP contribution in [0.2, 0.25) is 0 Å². The molecule has 0 aliphatic carbocycles. The van der Waals surface area contributed by atoms with Gasteiger partial charge in [0.25, 0.3) is 0 Å². The van der Waals surface area contributed by atoms with Crippen LogP contribution >= 0.6 is 0 Å². The van der Waals surface area contributed by atoms with E-state index in [-0.39, 0.29) is 11.8 Å². The van der Waals surface area contributed by atoms with Crippen molar-refractivity contribution in [3.05, 3.63) is 0 Å². The lowest BCUT2D eigenvalue weighted by atomic mass is 9.84. The summed E-state index contributed by atoms with van der Waals surface area (Å²) in [5, 5.41) is 18.5. The molecular weight excluding hydrogens is 168 g/mol. The highest BCUT2D eigenvalue weighted by atomic mass is 16.4. The van der Waals surface area contributed by atoms with Crippen molar-refractivity contribution >= 4 is 5.97 Å². The van der Waals surface area contributed by atoms with Crippen molar-refractivity contribution in [2.45, 2.75) is 40.2 Å². The molecule has 78 valence electrons. The van der Waals surface area contributed by atoms with E-state index in [1.54, 1.807) is 13.8 Å². The summed E-state index contributed by atoms with van der Waals surface area (Å²) in [6.07, 6.45) is 0.355. The van der Waals surface area contributed by atoms with Crippen molar-refractivity contribution in [1.82, 2.24) is 0 Å². The maximum absolute atomic E-state index is 10.6. The molecule has 3 heteroatoms. The average Bonchev–Trinajstić information content (AvgIpc) is 2.12. The molecule has 0 aliphatic rings. The van der Waals surface area contributed by atoms with Crippen LogP contribution in [0.4, 0.5) is 0 Å². The van der Waals surface area contributed by atoms with Crippen LogP contribution in [0.15, 0.2) is 0 Å². The van der Waals surface area contributed by atoms with Crippen molar-refractivity contribution in [2.24, 2.45) is 17.8 Å². The van der Waals surface area contributed by atoms with Crippen LogP contribution in [0.3, 0.4) is 0 Å². The highest BCUT2D eigenvalue weighted by Crippen LogP contribution is 2.22. The lowest BCUT2D eigenvalue weighted by molar-refractivity contribution is -0.144. The highest BCUT2D eigenvalue weighted by molar-refractivity contribution is 5.69. The van der Waals surface area contributed by atoms with Crippen LogP contribution < -0.4 is 0 Å². The van der Waals surface area contributed by atoms with E-state index in [2.05, 4.69) is 0 Å². The molecule has 0 heterocycles. The fraction of sp³-hybridized carbons (Fsp3) is 0.900. The predicted octanol–water partition coefficient (Wildman–Crippen LogP) is 1.75. The summed E-state index contributed by atoms with van der Waals surface area (Å²) in [7, 11) is 0. The van der Waals surface area contributed by atoms with E-state index in [9.17, 15) is 9.90 Å². The second-order valence-electron chi connectivity index (χ2n) is 3.86. The minimum absolute atomic E-state index is 0.164. The number of aliphatic hydroxyl groups is 1. The molecular formula is C10H20O3. The van der Waals surface area contributed by atoms with E-state index in [1.165, 1.54) is 0 Å². The Kier molecular flexibility index (Phi) is 4.99. The van der Waals surface area contributed by atoms with Gasteiger partial charge >= 0.3 is 5.97 Å². The maximum atomic E-state index is 10.6. The fourth-order valence-corrected chi connectivity index (χ4v) is 1.28. The smallest absolute Gasteiger partial charge is 0.306 e. The summed E-state index contributed by atoms with van der Waals surface area (Å²) >= 11 is 0. The molecule has 0 spiro atoms. The summed E-state index contributed by atoms with van der Waals surface area (Å²) in [4.78, 5) is 10.6. The van der Waals surface area contributed by atoms with Gasteiger partial charge in [0.05, 0.1) is 12.0 Å². The first kappa shape index (κ1) is 12.4. The van der Waals surface area contributed by atoms with Crippen LogP contribution in [0.5, 0.6) is 0 Å². The van der Waals surface area contributed by atoms with Crippen LogP contribution in [0.1, 0.15) is 34.1 Å². The molecule has 0 saturated heterocycles. The van der Waals surface area contributed by atoms with E-state index in [4.69, 9.17) is 5.11 Å². The van der Waals surface area contributed by atoms with Crippen molar-refractivity contribution < 1.29 is 15.0 Å². The Bertz CT molecular complexity index is 168. The summed E-state index contributed by atoms with van der Waals surface area (Å²) in [5.41, 5.74) is 0. The Morgan fingerprint density at radius 2 is 1.77 bits per heavy atom. The zero-order valence-corrected chi connectivity index (χ0v) is 8.82. The van der Waals surface area contributed by atoms with Gasteiger partial charge in [-0.05, 0) is 11.8 Å². The number of rotatable bonds is 5. The maximum Gasteiger partial charge on any atom is 0.306 e. The molecule has 0 rings (SSSR count). The van der Waals surface area contributed by atoms with Gasteiger partial charge in [-0.15, -0.1) is 0 Å². The molecule has 4 atom stereocenters. The molecule has 0 radical (unpaired) electrons. The van der Waals surface area contributed by atoms with Gasteiger partial charge in [0, 0.05) is 0 Å². The lowest BCUT2D eigenvalue weighted by Crippen LogP contribution is -2.33. The number of carboxylic acid groups (broad SMARTS) is 1. The Labute approximate surface area is 79.8 Å². The van der Waals surface area contributed by atoms with Crippen LogP contribution in [-0.4, -0.2) is 22.3 Å². The van der Waals surface area contributed by atoms with Crippen molar-refractivity contribution in [2.75, 3.05) is 0 Å². The van der Waals surface area contributed by atoms with Crippen molar-refractivity contribution in [1.29, 1.82) is 0 Å². The topological polar surface area (TPSA) is 57.5 Å². The van der Waals surface area contributed by atoms with Crippen LogP contribution in [0, 0.1) is 17.8 Å². The molecule has 0 saturated carbocycles. The molecule has 13 heavy (non-hydrogen) atoms. The van der Waals surface area contributed by atoms with E-state index < -0.39 is 18.0 Å². The number of hydrogen-bond acceptors (Lipinski definition) is 2. The second-order valence-corrected chi connectivity index (χ2v) is 3.86. The number of hydrogen-bond donors (Lipinski definition) is 2. The van der Waals surface area contributed by atoms with E-state index in [0.29, 0.717) is 0 Å². The Morgan fingerprint density at radius 1 is 1.31 bits per heavy atom. The third kappa shape index (κ3) is 3.35. The normalized spacial score (nSPS) is 20.4. The quantitative estimate of drug-likeness (QED) is 0.691. The predicted molar refractivity (Wildman–Crippen MR) is 51.4 cm³/mol. The number of carboxylic acids is 1. The summed E-state index contributed by atoms with van der Waals surface area (Å²) in [5.74, 6) is -1.34. The minimum Gasteiger partial charge on any atom is -0.481 e. The van der Waals surface area contributed by atoms with Gasteiger partial charge in [-0.1, -0.05) is 34.1 Å². The first-order valence-electron chi connectivity index (χ1n) is 4.82. The molecule has 3 nitrogen and oxygen atoms in total. The summed E-state index contributed by atoms with van der Waals surface area (Å²) < 4.78 is 0. The largest absolute Gasteiger partial charge is 0.481 e. The molecule has 0 amide bonds. The Hall–Kier alpha value is -0.570. The fourth-order valence-electron chi connectivity index (χ4n) is 1.28. The SMILES string of the molecule is CCC(C)C(O)C(C)C(C)C(=O)O.